The molecule has 2 rings (SSSR count). The summed E-state index contributed by atoms with van der Waals surface area (Å²) >= 11 is 0. The number of nitrogens with one attached hydrogen (secondary N) is 1. The van der Waals surface area contributed by atoms with E-state index in [1.165, 1.54) is 33.3 Å². The van der Waals surface area contributed by atoms with Gasteiger partial charge in [-0.1, -0.05) is 48.0 Å². The summed E-state index contributed by atoms with van der Waals surface area (Å²) in [6.07, 6.45) is -0.369. The molecule has 2 aromatic rings. The summed E-state index contributed by atoms with van der Waals surface area (Å²) in [6, 6.07) is 13.8. The highest BCUT2D eigenvalue weighted by atomic mass is 32.2. The Kier molecular flexibility index (Phi) is 7.16. The third-order valence-electron chi connectivity index (χ3n) is 4.77. The molecule has 0 bridgehead atoms. The molecule has 0 saturated heterocycles. The van der Waals surface area contributed by atoms with Crippen LogP contribution in [-0.2, 0) is 29.1 Å². The minimum atomic E-state index is -4.00. The maximum Gasteiger partial charge on any atom is 0.314 e. The number of hydrogen-bond donors (Lipinski definition) is 1. The van der Waals surface area contributed by atoms with Gasteiger partial charge in [-0.05, 0) is 31.5 Å². The number of ether oxygens (including phenoxy) is 2. The zero-order chi connectivity index (χ0) is 21.7. The molecule has 7 nitrogen and oxygen atoms in total. The van der Waals surface area contributed by atoms with E-state index in [2.05, 4.69) is 4.72 Å². The van der Waals surface area contributed by atoms with Gasteiger partial charge in [-0.15, -0.1) is 0 Å². The molecule has 0 fully saturated rings. The second kappa shape index (κ2) is 9.19. The van der Waals surface area contributed by atoms with Crippen LogP contribution in [0.4, 0.5) is 0 Å². The number of rotatable bonds is 8. The van der Waals surface area contributed by atoms with E-state index in [0.29, 0.717) is 5.56 Å². The highest BCUT2D eigenvalue weighted by Gasteiger charge is 2.47. The third kappa shape index (κ3) is 5.21. The van der Waals surface area contributed by atoms with Crippen molar-refractivity contribution in [3.8, 4) is 0 Å². The van der Waals surface area contributed by atoms with E-state index >= 15 is 0 Å². The first kappa shape index (κ1) is 22.6. The molecule has 0 aliphatic rings. The van der Waals surface area contributed by atoms with E-state index in [4.69, 9.17) is 9.47 Å². The van der Waals surface area contributed by atoms with Gasteiger partial charge in [-0.25, -0.2) is 13.1 Å². The van der Waals surface area contributed by atoms with Gasteiger partial charge in [0.15, 0.2) is 0 Å². The van der Waals surface area contributed by atoms with Gasteiger partial charge in [-0.3, -0.25) is 9.59 Å². The first-order chi connectivity index (χ1) is 13.6. The molecule has 156 valence electrons. The lowest BCUT2D eigenvalue weighted by atomic mass is 9.76. The SMILES string of the molecule is COC(=O)CC(C)(C(=O)OC)C(NS(=O)(=O)c1ccc(C)cc1)c1ccccc1. The largest absolute Gasteiger partial charge is 0.469 e. The van der Waals surface area contributed by atoms with Gasteiger partial charge in [0, 0.05) is 0 Å². The topological polar surface area (TPSA) is 98.8 Å². The number of aryl methyl sites for hydroxylation is 1. The molecule has 0 saturated carbocycles. The first-order valence-corrected chi connectivity index (χ1v) is 10.4. The van der Waals surface area contributed by atoms with Crippen molar-refractivity contribution in [1.82, 2.24) is 4.72 Å². The zero-order valence-electron chi connectivity index (χ0n) is 16.8. The van der Waals surface area contributed by atoms with Crippen LogP contribution in [0.1, 0.15) is 30.5 Å². The summed E-state index contributed by atoms with van der Waals surface area (Å²) in [4.78, 5) is 24.8. The van der Waals surface area contributed by atoms with Crippen LogP contribution in [0.2, 0.25) is 0 Å². The molecule has 0 amide bonds. The average molecular weight is 419 g/mol. The smallest absolute Gasteiger partial charge is 0.314 e. The van der Waals surface area contributed by atoms with Crippen molar-refractivity contribution in [2.45, 2.75) is 31.2 Å². The highest BCUT2D eigenvalue weighted by Crippen LogP contribution is 2.39. The Bertz CT molecular complexity index is 956. The van der Waals surface area contributed by atoms with Crippen LogP contribution in [0, 0.1) is 12.3 Å². The second-order valence-electron chi connectivity index (χ2n) is 6.94. The van der Waals surface area contributed by atoms with E-state index < -0.39 is 33.4 Å². The number of carbonyl (C=O) groups is 2. The molecule has 8 heteroatoms. The highest BCUT2D eigenvalue weighted by molar-refractivity contribution is 7.89. The first-order valence-electron chi connectivity index (χ1n) is 8.93. The summed E-state index contributed by atoms with van der Waals surface area (Å²) in [5.41, 5.74) is -0.116. The molecule has 0 spiro atoms. The van der Waals surface area contributed by atoms with E-state index in [9.17, 15) is 18.0 Å². The summed E-state index contributed by atoms with van der Waals surface area (Å²) in [5, 5.41) is 0. The minimum Gasteiger partial charge on any atom is -0.469 e. The fourth-order valence-corrected chi connectivity index (χ4v) is 4.39. The molecular weight excluding hydrogens is 394 g/mol. The normalized spacial score (nSPS) is 14.5. The molecule has 2 unspecified atom stereocenters. The predicted molar refractivity (Wildman–Crippen MR) is 107 cm³/mol. The lowest BCUT2D eigenvalue weighted by molar-refractivity contribution is -0.160. The molecule has 0 radical (unpaired) electrons. The lowest BCUT2D eigenvalue weighted by Crippen LogP contribution is -2.46. The lowest BCUT2D eigenvalue weighted by Gasteiger charge is -2.35. The van der Waals surface area contributed by atoms with E-state index in [1.807, 2.05) is 6.92 Å². The zero-order valence-corrected chi connectivity index (χ0v) is 17.7. The van der Waals surface area contributed by atoms with Crippen LogP contribution in [0.25, 0.3) is 0 Å². The number of benzene rings is 2. The van der Waals surface area contributed by atoms with Crippen molar-refractivity contribution in [3.05, 3.63) is 65.7 Å². The summed E-state index contributed by atoms with van der Waals surface area (Å²) in [7, 11) is -1.61. The van der Waals surface area contributed by atoms with Crippen molar-refractivity contribution in [2.24, 2.45) is 5.41 Å². The van der Waals surface area contributed by atoms with Crippen LogP contribution in [0.15, 0.2) is 59.5 Å². The average Bonchev–Trinajstić information content (AvgIpc) is 2.72. The quantitative estimate of drug-likeness (QED) is 0.661. The third-order valence-corrected chi connectivity index (χ3v) is 6.20. The van der Waals surface area contributed by atoms with Gasteiger partial charge in [0.05, 0.1) is 37.0 Å². The predicted octanol–water partition coefficient (Wildman–Crippen LogP) is 2.76. The maximum absolute atomic E-state index is 13.1. The van der Waals surface area contributed by atoms with Crippen molar-refractivity contribution in [1.29, 1.82) is 0 Å². The molecule has 0 heterocycles. The monoisotopic (exact) mass is 419 g/mol. The van der Waals surface area contributed by atoms with Gasteiger partial charge in [0.25, 0.3) is 0 Å². The van der Waals surface area contributed by atoms with Crippen LogP contribution in [0.3, 0.4) is 0 Å². The Hall–Kier alpha value is -2.71. The maximum atomic E-state index is 13.1. The number of hydrogen-bond acceptors (Lipinski definition) is 6. The van der Waals surface area contributed by atoms with Crippen LogP contribution in [0.5, 0.6) is 0 Å². The Morgan fingerprint density at radius 2 is 1.59 bits per heavy atom. The molecular formula is C21H25NO6S. The van der Waals surface area contributed by atoms with Crippen molar-refractivity contribution < 1.29 is 27.5 Å². The number of esters is 2. The Labute approximate surface area is 171 Å². The number of carbonyl (C=O) groups excluding carboxylic acids is 2. The Morgan fingerprint density at radius 3 is 2.10 bits per heavy atom. The number of methoxy groups -OCH3 is 2. The summed E-state index contributed by atoms with van der Waals surface area (Å²) in [6.45, 7) is 3.33. The second-order valence-corrected chi connectivity index (χ2v) is 8.65. The van der Waals surface area contributed by atoms with Gasteiger partial charge in [-0.2, -0.15) is 0 Å². The fraction of sp³-hybridized carbons (Fsp3) is 0.333. The van der Waals surface area contributed by atoms with Crippen LogP contribution < -0.4 is 4.72 Å². The summed E-state index contributed by atoms with van der Waals surface area (Å²) < 4.78 is 38.4. The van der Waals surface area contributed by atoms with Crippen LogP contribution in [-0.4, -0.2) is 34.6 Å². The molecule has 29 heavy (non-hydrogen) atoms. The molecule has 0 aromatic heterocycles. The Morgan fingerprint density at radius 1 is 1.00 bits per heavy atom. The van der Waals surface area contributed by atoms with Crippen molar-refractivity contribution in [2.75, 3.05) is 14.2 Å². The standard InChI is InChI=1S/C21H25NO6S/c1-15-10-12-17(13-11-15)29(25,26)22-19(16-8-6-5-7-9-16)21(2,20(24)28-4)14-18(23)27-3/h5-13,19,22H,14H2,1-4H3. The van der Waals surface area contributed by atoms with Gasteiger partial charge >= 0.3 is 11.9 Å². The number of sulfonamides is 1. The molecule has 1 N–H and O–H groups in total. The van der Waals surface area contributed by atoms with E-state index in [1.54, 1.807) is 42.5 Å². The summed E-state index contributed by atoms with van der Waals surface area (Å²) in [5.74, 6) is -1.39. The molecule has 2 aromatic carbocycles. The van der Waals surface area contributed by atoms with Gasteiger partial charge < -0.3 is 9.47 Å². The fourth-order valence-electron chi connectivity index (χ4n) is 3.05. The van der Waals surface area contributed by atoms with E-state index in [0.717, 1.165) is 5.56 Å². The minimum absolute atomic E-state index is 0.0503. The molecule has 0 aliphatic carbocycles. The van der Waals surface area contributed by atoms with Crippen LogP contribution >= 0.6 is 0 Å². The van der Waals surface area contributed by atoms with Crippen molar-refractivity contribution >= 4 is 22.0 Å². The Balaban J connectivity index is 2.57. The molecule has 2 atom stereocenters. The molecule has 0 aliphatic heterocycles. The van der Waals surface area contributed by atoms with E-state index in [-0.39, 0.29) is 11.3 Å². The van der Waals surface area contributed by atoms with Gasteiger partial charge in [0.1, 0.15) is 0 Å². The van der Waals surface area contributed by atoms with Crippen molar-refractivity contribution in [3.63, 3.8) is 0 Å². The van der Waals surface area contributed by atoms with Gasteiger partial charge in [0.2, 0.25) is 10.0 Å².